The lowest BCUT2D eigenvalue weighted by atomic mass is 10.1. The zero-order valence-electron chi connectivity index (χ0n) is 15.0. The molecule has 0 spiro atoms. The number of nitrogens with zero attached hydrogens (tertiary/aromatic N) is 2. The number of para-hydroxylation sites is 1. The van der Waals surface area contributed by atoms with Crippen LogP contribution >= 0.6 is 0 Å². The Balaban J connectivity index is 1.58. The molecule has 0 aliphatic rings. The average molecular weight is 379 g/mol. The van der Waals surface area contributed by atoms with Gasteiger partial charge < -0.3 is 10.1 Å². The molecule has 3 rings (SSSR count). The number of ether oxygens (including phenoxy) is 1. The Hall–Kier alpha value is -3.81. The highest BCUT2D eigenvalue weighted by Crippen LogP contribution is 2.11. The number of carbonyl (C=O) groups is 3. The SMILES string of the molecule is CC(=O)c1cccc(NC(=O)COC(=O)Cn2cnc3ccccc3c2=O)c1. The van der Waals surface area contributed by atoms with Gasteiger partial charge in [0.2, 0.25) is 0 Å². The normalized spacial score (nSPS) is 10.5. The first-order valence-corrected chi connectivity index (χ1v) is 8.44. The van der Waals surface area contributed by atoms with Crippen LogP contribution in [-0.4, -0.2) is 33.8 Å². The van der Waals surface area contributed by atoms with Gasteiger partial charge in [0.1, 0.15) is 6.54 Å². The quantitative estimate of drug-likeness (QED) is 0.517. The number of amides is 1. The lowest BCUT2D eigenvalue weighted by Crippen LogP contribution is -2.28. The van der Waals surface area contributed by atoms with Crippen LogP contribution in [0.5, 0.6) is 0 Å². The molecule has 28 heavy (non-hydrogen) atoms. The summed E-state index contributed by atoms with van der Waals surface area (Å²) in [6.45, 7) is 0.551. The minimum atomic E-state index is -0.744. The third kappa shape index (κ3) is 4.47. The molecule has 1 amide bonds. The van der Waals surface area contributed by atoms with Gasteiger partial charge in [-0.2, -0.15) is 0 Å². The summed E-state index contributed by atoms with van der Waals surface area (Å²) in [5, 5.41) is 2.93. The van der Waals surface area contributed by atoms with E-state index in [0.717, 1.165) is 4.57 Å². The van der Waals surface area contributed by atoms with Crippen molar-refractivity contribution in [3.8, 4) is 0 Å². The monoisotopic (exact) mass is 379 g/mol. The first-order valence-electron chi connectivity index (χ1n) is 8.44. The molecule has 3 aromatic rings. The molecule has 1 aromatic heterocycles. The van der Waals surface area contributed by atoms with Crippen molar-refractivity contribution in [3.63, 3.8) is 0 Å². The summed E-state index contributed by atoms with van der Waals surface area (Å²) < 4.78 is 6.04. The van der Waals surface area contributed by atoms with Gasteiger partial charge in [-0.05, 0) is 31.2 Å². The van der Waals surface area contributed by atoms with Gasteiger partial charge in [0.25, 0.3) is 11.5 Å². The number of nitrogens with one attached hydrogen (secondary N) is 1. The molecule has 8 nitrogen and oxygen atoms in total. The maximum absolute atomic E-state index is 12.3. The van der Waals surface area contributed by atoms with Crippen LogP contribution in [-0.2, 0) is 20.9 Å². The van der Waals surface area contributed by atoms with Crippen molar-refractivity contribution in [2.75, 3.05) is 11.9 Å². The van der Waals surface area contributed by atoms with Crippen LogP contribution in [0.2, 0.25) is 0 Å². The summed E-state index contributed by atoms with van der Waals surface area (Å²) in [4.78, 5) is 51.7. The van der Waals surface area contributed by atoms with E-state index < -0.39 is 18.5 Å². The highest BCUT2D eigenvalue weighted by molar-refractivity contribution is 5.97. The zero-order chi connectivity index (χ0) is 20.1. The van der Waals surface area contributed by atoms with E-state index in [0.29, 0.717) is 22.2 Å². The third-order valence-electron chi connectivity index (χ3n) is 3.95. The highest BCUT2D eigenvalue weighted by Gasteiger charge is 2.12. The zero-order valence-corrected chi connectivity index (χ0v) is 15.0. The number of anilines is 1. The number of hydrogen-bond donors (Lipinski definition) is 1. The van der Waals surface area contributed by atoms with Crippen LogP contribution in [0.3, 0.4) is 0 Å². The minimum Gasteiger partial charge on any atom is -0.454 e. The molecule has 0 aliphatic carbocycles. The Labute approximate surface area is 159 Å². The molecule has 2 aromatic carbocycles. The summed E-state index contributed by atoms with van der Waals surface area (Å²) in [5.74, 6) is -1.43. The molecular formula is C20H17N3O5. The predicted molar refractivity (Wildman–Crippen MR) is 102 cm³/mol. The molecule has 0 atom stereocenters. The maximum atomic E-state index is 12.3. The molecule has 1 N–H and O–H groups in total. The van der Waals surface area contributed by atoms with E-state index >= 15 is 0 Å². The molecule has 0 radical (unpaired) electrons. The van der Waals surface area contributed by atoms with E-state index in [4.69, 9.17) is 4.74 Å². The molecule has 0 bridgehead atoms. The topological polar surface area (TPSA) is 107 Å². The van der Waals surface area contributed by atoms with Gasteiger partial charge >= 0.3 is 5.97 Å². The minimum absolute atomic E-state index is 0.128. The number of rotatable bonds is 6. The largest absolute Gasteiger partial charge is 0.454 e. The molecule has 8 heteroatoms. The number of fused-ring (bicyclic) bond motifs is 1. The molecule has 0 aliphatic heterocycles. The lowest BCUT2D eigenvalue weighted by Gasteiger charge is -2.09. The Morgan fingerprint density at radius 3 is 2.68 bits per heavy atom. The lowest BCUT2D eigenvalue weighted by molar-refractivity contribution is -0.147. The van der Waals surface area contributed by atoms with Gasteiger partial charge in [-0.25, -0.2) is 4.98 Å². The van der Waals surface area contributed by atoms with E-state index in [1.165, 1.54) is 19.3 Å². The summed E-state index contributed by atoms with van der Waals surface area (Å²) >= 11 is 0. The fraction of sp³-hybridized carbons (Fsp3) is 0.150. The first kappa shape index (κ1) is 19.0. The number of ketones is 1. The first-order chi connectivity index (χ1) is 13.4. The maximum Gasteiger partial charge on any atom is 0.326 e. The Morgan fingerprint density at radius 1 is 1.11 bits per heavy atom. The Morgan fingerprint density at radius 2 is 1.89 bits per heavy atom. The van der Waals surface area contributed by atoms with Gasteiger partial charge in [0.15, 0.2) is 12.4 Å². The van der Waals surface area contributed by atoms with Crippen LogP contribution in [0.15, 0.2) is 59.7 Å². The van der Waals surface area contributed by atoms with Crippen molar-refractivity contribution in [2.45, 2.75) is 13.5 Å². The van der Waals surface area contributed by atoms with Crippen molar-refractivity contribution in [2.24, 2.45) is 0 Å². The fourth-order valence-electron chi connectivity index (χ4n) is 2.56. The standard InChI is InChI=1S/C20H17N3O5/c1-13(24)14-5-4-6-15(9-14)22-18(25)11-28-19(26)10-23-12-21-17-8-3-2-7-16(17)20(23)27/h2-9,12H,10-11H2,1H3,(H,22,25). The second kappa shape index (κ2) is 8.26. The van der Waals surface area contributed by atoms with E-state index in [-0.39, 0.29) is 17.9 Å². The smallest absolute Gasteiger partial charge is 0.326 e. The fourth-order valence-corrected chi connectivity index (χ4v) is 2.56. The van der Waals surface area contributed by atoms with Gasteiger partial charge in [0, 0.05) is 11.3 Å². The van der Waals surface area contributed by atoms with Crippen LogP contribution in [0, 0.1) is 0 Å². The number of aromatic nitrogens is 2. The van der Waals surface area contributed by atoms with E-state index in [2.05, 4.69) is 10.3 Å². The van der Waals surface area contributed by atoms with Crippen molar-refractivity contribution in [3.05, 3.63) is 70.8 Å². The highest BCUT2D eigenvalue weighted by atomic mass is 16.5. The predicted octanol–water partition coefficient (Wildman–Crippen LogP) is 1.78. The molecule has 0 fully saturated rings. The van der Waals surface area contributed by atoms with Crippen molar-refractivity contribution < 1.29 is 19.1 Å². The van der Waals surface area contributed by atoms with Crippen molar-refractivity contribution in [1.82, 2.24) is 9.55 Å². The van der Waals surface area contributed by atoms with Gasteiger partial charge in [-0.3, -0.25) is 23.7 Å². The number of hydrogen-bond acceptors (Lipinski definition) is 6. The summed E-state index contributed by atoms with van der Waals surface area (Å²) in [5.41, 5.74) is 1.04. The van der Waals surface area contributed by atoms with E-state index in [1.54, 1.807) is 42.5 Å². The average Bonchev–Trinajstić information content (AvgIpc) is 2.69. The third-order valence-corrected chi connectivity index (χ3v) is 3.95. The van der Waals surface area contributed by atoms with E-state index in [9.17, 15) is 19.2 Å². The summed E-state index contributed by atoms with van der Waals surface area (Å²) in [7, 11) is 0. The number of Topliss-reactive ketones (excluding diaryl/α,β-unsaturated/α-hetero) is 1. The van der Waals surface area contributed by atoms with Gasteiger partial charge in [0.05, 0.1) is 17.2 Å². The Bertz CT molecular complexity index is 1120. The van der Waals surface area contributed by atoms with Crippen LogP contribution in [0.25, 0.3) is 10.9 Å². The summed E-state index contributed by atoms with van der Waals surface area (Å²) in [6, 6.07) is 13.2. The Kier molecular flexibility index (Phi) is 5.59. The molecule has 0 unspecified atom stereocenters. The number of benzene rings is 2. The molecule has 0 saturated carbocycles. The van der Waals surface area contributed by atoms with Crippen molar-refractivity contribution in [1.29, 1.82) is 0 Å². The van der Waals surface area contributed by atoms with Crippen molar-refractivity contribution >= 4 is 34.3 Å². The summed E-state index contributed by atoms with van der Waals surface area (Å²) in [6.07, 6.45) is 1.26. The van der Waals surface area contributed by atoms with Crippen LogP contribution in [0.4, 0.5) is 5.69 Å². The van der Waals surface area contributed by atoms with Crippen LogP contribution in [0.1, 0.15) is 17.3 Å². The second-order valence-corrected chi connectivity index (χ2v) is 6.04. The van der Waals surface area contributed by atoms with Crippen LogP contribution < -0.4 is 10.9 Å². The molecule has 0 saturated heterocycles. The van der Waals surface area contributed by atoms with E-state index in [1.807, 2.05) is 0 Å². The molecule has 1 heterocycles. The number of carbonyl (C=O) groups excluding carboxylic acids is 3. The number of esters is 1. The van der Waals surface area contributed by atoms with Gasteiger partial charge in [-0.1, -0.05) is 24.3 Å². The van der Waals surface area contributed by atoms with Gasteiger partial charge in [-0.15, -0.1) is 0 Å². The molecule has 142 valence electrons. The second-order valence-electron chi connectivity index (χ2n) is 6.04. The molecular weight excluding hydrogens is 362 g/mol.